The number of halogens is 1. The van der Waals surface area contributed by atoms with Crippen molar-refractivity contribution in [2.24, 2.45) is 0 Å². The van der Waals surface area contributed by atoms with Crippen LogP contribution < -0.4 is 4.90 Å². The van der Waals surface area contributed by atoms with E-state index in [1.54, 1.807) is 0 Å². The van der Waals surface area contributed by atoms with E-state index in [2.05, 4.69) is 34.1 Å². The van der Waals surface area contributed by atoms with E-state index in [9.17, 15) is 4.79 Å². The molecule has 3 rings (SSSR count). The first-order valence-electron chi connectivity index (χ1n) is 7.65. The maximum Gasteiger partial charge on any atom is 0.254 e. The van der Waals surface area contributed by atoms with E-state index in [4.69, 9.17) is 0 Å². The van der Waals surface area contributed by atoms with Crippen molar-refractivity contribution in [2.45, 2.75) is 6.54 Å². The minimum Gasteiger partial charge on any atom is -0.328 e. The Labute approximate surface area is 139 Å². The van der Waals surface area contributed by atoms with Gasteiger partial charge in [-0.15, -0.1) is 0 Å². The molecule has 0 saturated carbocycles. The van der Waals surface area contributed by atoms with E-state index < -0.39 is 0 Å². The van der Waals surface area contributed by atoms with Gasteiger partial charge in [0.25, 0.3) is 5.91 Å². The summed E-state index contributed by atoms with van der Waals surface area (Å²) >= 11 is 3.61. The molecular formula is C18H20BrN2O+. The molecule has 1 saturated heterocycles. The Morgan fingerprint density at radius 1 is 1.00 bits per heavy atom. The highest BCUT2D eigenvalue weighted by molar-refractivity contribution is 9.10. The third-order valence-electron chi connectivity index (χ3n) is 4.18. The molecule has 0 unspecified atom stereocenters. The van der Waals surface area contributed by atoms with Crippen LogP contribution >= 0.6 is 15.9 Å². The van der Waals surface area contributed by atoms with Crippen molar-refractivity contribution < 1.29 is 9.69 Å². The third kappa shape index (κ3) is 3.57. The molecule has 0 atom stereocenters. The monoisotopic (exact) mass is 359 g/mol. The topological polar surface area (TPSA) is 24.8 Å². The first kappa shape index (κ1) is 15.3. The normalized spacial score (nSPS) is 15.8. The second kappa shape index (κ2) is 7.07. The van der Waals surface area contributed by atoms with E-state index in [0.29, 0.717) is 0 Å². The van der Waals surface area contributed by atoms with Gasteiger partial charge in [-0.05, 0) is 18.2 Å². The van der Waals surface area contributed by atoms with Crippen molar-refractivity contribution in [1.82, 2.24) is 4.90 Å². The van der Waals surface area contributed by atoms with Gasteiger partial charge in [-0.25, -0.2) is 0 Å². The number of carbonyl (C=O) groups excluding carboxylic acids is 1. The molecule has 0 spiro atoms. The summed E-state index contributed by atoms with van der Waals surface area (Å²) in [6.45, 7) is 4.66. The van der Waals surface area contributed by atoms with Crippen LogP contribution in [0.5, 0.6) is 0 Å². The van der Waals surface area contributed by atoms with E-state index >= 15 is 0 Å². The van der Waals surface area contributed by atoms with Gasteiger partial charge in [-0.1, -0.05) is 52.3 Å². The smallest absolute Gasteiger partial charge is 0.254 e. The van der Waals surface area contributed by atoms with Crippen molar-refractivity contribution in [1.29, 1.82) is 0 Å². The molecule has 0 aromatic heterocycles. The number of quaternary nitrogens is 1. The lowest BCUT2D eigenvalue weighted by atomic mass is 10.1. The van der Waals surface area contributed by atoms with Crippen LogP contribution in [0.3, 0.4) is 0 Å². The molecule has 0 bridgehead atoms. The van der Waals surface area contributed by atoms with Gasteiger partial charge in [0.15, 0.2) is 0 Å². The predicted molar refractivity (Wildman–Crippen MR) is 90.9 cm³/mol. The Hall–Kier alpha value is -1.65. The molecular weight excluding hydrogens is 340 g/mol. The maximum absolute atomic E-state index is 12.4. The second-order valence-electron chi connectivity index (χ2n) is 5.68. The fraction of sp³-hybridized carbons (Fsp3) is 0.278. The highest BCUT2D eigenvalue weighted by Gasteiger charge is 2.24. The second-order valence-corrected chi connectivity index (χ2v) is 6.53. The molecule has 2 aromatic rings. The van der Waals surface area contributed by atoms with E-state index in [-0.39, 0.29) is 5.91 Å². The van der Waals surface area contributed by atoms with Crippen LogP contribution in [-0.2, 0) is 6.54 Å². The fourth-order valence-electron chi connectivity index (χ4n) is 2.88. The minimum atomic E-state index is 0.153. The zero-order chi connectivity index (χ0) is 15.4. The Balaban J connectivity index is 1.57. The summed E-state index contributed by atoms with van der Waals surface area (Å²) in [6.07, 6.45) is 0. The number of nitrogens with one attached hydrogen (secondary N) is 1. The summed E-state index contributed by atoms with van der Waals surface area (Å²) in [4.78, 5) is 15.9. The molecule has 22 heavy (non-hydrogen) atoms. The van der Waals surface area contributed by atoms with Gasteiger partial charge in [0, 0.05) is 15.6 Å². The van der Waals surface area contributed by atoms with Crippen LogP contribution in [0.25, 0.3) is 0 Å². The summed E-state index contributed by atoms with van der Waals surface area (Å²) in [5.41, 5.74) is 2.12. The third-order valence-corrected chi connectivity index (χ3v) is 4.95. The molecule has 1 fully saturated rings. The lowest BCUT2D eigenvalue weighted by Gasteiger charge is -2.32. The first-order chi connectivity index (χ1) is 10.7. The predicted octanol–water partition coefficient (Wildman–Crippen LogP) is 1.99. The number of carbonyl (C=O) groups is 1. The van der Waals surface area contributed by atoms with Gasteiger partial charge in [-0.3, -0.25) is 4.79 Å². The molecule has 1 amide bonds. The number of hydrogen-bond donors (Lipinski definition) is 1. The van der Waals surface area contributed by atoms with Crippen molar-refractivity contribution in [3.63, 3.8) is 0 Å². The van der Waals surface area contributed by atoms with E-state index in [1.807, 2.05) is 41.3 Å². The van der Waals surface area contributed by atoms with Crippen molar-refractivity contribution in [3.05, 3.63) is 70.2 Å². The number of piperazine rings is 1. The Bertz CT molecular complexity index is 637. The number of hydrogen-bond acceptors (Lipinski definition) is 1. The summed E-state index contributed by atoms with van der Waals surface area (Å²) in [6, 6.07) is 17.9. The van der Waals surface area contributed by atoms with Crippen LogP contribution in [0.4, 0.5) is 0 Å². The number of rotatable bonds is 3. The number of benzene rings is 2. The Morgan fingerprint density at radius 3 is 2.32 bits per heavy atom. The van der Waals surface area contributed by atoms with Gasteiger partial charge < -0.3 is 9.80 Å². The highest BCUT2D eigenvalue weighted by atomic mass is 79.9. The molecule has 1 heterocycles. The SMILES string of the molecule is O=C(c1ccccc1)N1CC[NH+](Cc2ccccc2Br)CC1. The average molecular weight is 360 g/mol. The largest absolute Gasteiger partial charge is 0.328 e. The molecule has 1 aliphatic rings. The van der Waals surface area contributed by atoms with Crippen molar-refractivity contribution >= 4 is 21.8 Å². The van der Waals surface area contributed by atoms with Crippen LogP contribution in [0.1, 0.15) is 15.9 Å². The standard InChI is InChI=1S/C18H19BrN2O/c19-17-9-5-4-8-16(17)14-20-10-12-21(13-11-20)18(22)15-6-2-1-3-7-15/h1-9H,10-14H2/p+1. The van der Waals surface area contributed by atoms with Crippen molar-refractivity contribution in [3.8, 4) is 0 Å². The van der Waals surface area contributed by atoms with E-state index in [1.165, 1.54) is 14.9 Å². The Kier molecular flexibility index (Phi) is 4.90. The summed E-state index contributed by atoms with van der Waals surface area (Å²) in [7, 11) is 0. The summed E-state index contributed by atoms with van der Waals surface area (Å²) in [5, 5.41) is 0. The van der Waals surface area contributed by atoms with Gasteiger partial charge in [0.1, 0.15) is 6.54 Å². The molecule has 3 nitrogen and oxygen atoms in total. The quantitative estimate of drug-likeness (QED) is 0.890. The number of amides is 1. The van der Waals surface area contributed by atoms with Gasteiger partial charge in [-0.2, -0.15) is 0 Å². The number of nitrogens with zero attached hydrogens (tertiary/aromatic N) is 1. The molecule has 114 valence electrons. The highest BCUT2D eigenvalue weighted by Crippen LogP contribution is 2.14. The van der Waals surface area contributed by atoms with E-state index in [0.717, 1.165) is 38.3 Å². The van der Waals surface area contributed by atoms with Crippen molar-refractivity contribution in [2.75, 3.05) is 26.2 Å². The Morgan fingerprint density at radius 2 is 1.64 bits per heavy atom. The average Bonchev–Trinajstić information content (AvgIpc) is 2.58. The zero-order valence-electron chi connectivity index (χ0n) is 12.5. The summed E-state index contributed by atoms with van der Waals surface area (Å²) in [5.74, 6) is 0.153. The van der Waals surface area contributed by atoms with Crippen LogP contribution in [0, 0.1) is 0 Å². The molecule has 1 N–H and O–H groups in total. The summed E-state index contributed by atoms with van der Waals surface area (Å²) < 4.78 is 1.17. The minimum absolute atomic E-state index is 0.153. The lowest BCUT2D eigenvalue weighted by molar-refractivity contribution is -0.917. The van der Waals surface area contributed by atoms with Crippen LogP contribution in [-0.4, -0.2) is 37.0 Å². The molecule has 1 aliphatic heterocycles. The molecule has 4 heteroatoms. The fourth-order valence-corrected chi connectivity index (χ4v) is 3.30. The molecule has 0 aliphatic carbocycles. The van der Waals surface area contributed by atoms with Crippen LogP contribution in [0.2, 0.25) is 0 Å². The zero-order valence-corrected chi connectivity index (χ0v) is 14.1. The lowest BCUT2D eigenvalue weighted by Crippen LogP contribution is -3.13. The molecule has 2 aromatic carbocycles. The maximum atomic E-state index is 12.4. The van der Waals surface area contributed by atoms with Crippen LogP contribution in [0.15, 0.2) is 59.1 Å². The van der Waals surface area contributed by atoms with Gasteiger partial charge >= 0.3 is 0 Å². The van der Waals surface area contributed by atoms with Gasteiger partial charge in [0.2, 0.25) is 0 Å². The van der Waals surface area contributed by atoms with Gasteiger partial charge in [0.05, 0.1) is 26.2 Å². The first-order valence-corrected chi connectivity index (χ1v) is 8.44. The molecule has 0 radical (unpaired) electrons.